The molecule has 0 saturated carbocycles. The predicted molar refractivity (Wildman–Crippen MR) is 85.1 cm³/mol. The highest BCUT2D eigenvalue weighted by Crippen LogP contribution is 2.39. The SMILES string of the molecule is CCCCC1CNc2ccc(C(C)(C)C)cc2C1C. The number of unbranched alkanes of at least 4 members (excludes halogenated alkanes) is 1. The van der Waals surface area contributed by atoms with Gasteiger partial charge in [-0.2, -0.15) is 0 Å². The topological polar surface area (TPSA) is 12.0 Å². The van der Waals surface area contributed by atoms with Crippen molar-refractivity contribution < 1.29 is 0 Å². The minimum absolute atomic E-state index is 0.241. The van der Waals surface area contributed by atoms with Crippen molar-refractivity contribution in [2.24, 2.45) is 5.92 Å². The van der Waals surface area contributed by atoms with Crippen LogP contribution < -0.4 is 5.32 Å². The molecule has 1 heteroatoms. The van der Waals surface area contributed by atoms with E-state index in [-0.39, 0.29) is 5.41 Å². The lowest BCUT2D eigenvalue weighted by molar-refractivity contribution is 0.409. The molecule has 1 aromatic rings. The fraction of sp³-hybridized carbons (Fsp3) is 0.667. The Morgan fingerprint density at radius 3 is 2.63 bits per heavy atom. The van der Waals surface area contributed by atoms with Crippen LogP contribution in [0, 0.1) is 5.92 Å². The van der Waals surface area contributed by atoms with Gasteiger partial charge in [0.2, 0.25) is 0 Å². The number of hydrogen-bond donors (Lipinski definition) is 1. The van der Waals surface area contributed by atoms with Gasteiger partial charge in [-0.1, -0.05) is 59.6 Å². The molecule has 1 heterocycles. The third-order valence-corrected chi connectivity index (χ3v) is 4.60. The van der Waals surface area contributed by atoms with Crippen molar-refractivity contribution >= 4 is 5.69 Å². The van der Waals surface area contributed by atoms with E-state index >= 15 is 0 Å². The van der Waals surface area contributed by atoms with Gasteiger partial charge in [0.25, 0.3) is 0 Å². The van der Waals surface area contributed by atoms with Gasteiger partial charge in [-0.3, -0.25) is 0 Å². The monoisotopic (exact) mass is 259 g/mol. The number of fused-ring (bicyclic) bond motifs is 1. The number of benzene rings is 1. The summed E-state index contributed by atoms with van der Waals surface area (Å²) in [6.45, 7) is 12.7. The minimum Gasteiger partial charge on any atom is -0.385 e. The molecule has 0 spiro atoms. The van der Waals surface area contributed by atoms with E-state index in [0.717, 1.165) is 12.5 Å². The second kappa shape index (κ2) is 5.56. The van der Waals surface area contributed by atoms with Crippen LogP contribution in [0.25, 0.3) is 0 Å². The highest BCUT2D eigenvalue weighted by atomic mass is 14.9. The van der Waals surface area contributed by atoms with Gasteiger partial charge < -0.3 is 5.32 Å². The third kappa shape index (κ3) is 3.13. The molecule has 1 N–H and O–H groups in total. The van der Waals surface area contributed by atoms with Crippen LogP contribution in [0.1, 0.15) is 70.9 Å². The van der Waals surface area contributed by atoms with Gasteiger partial charge in [0, 0.05) is 12.2 Å². The number of nitrogens with one attached hydrogen (secondary N) is 1. The van der Waals surface area contributed by atoms with Crippen molar-refractivity contribution in [1.29, 1.82) is 0 Å². The zero-order chi connectivity index (χ0) is 14.0. The molecule has 0 bridgehead atoms. The fourth-order valence-corrected chi connectivity index (χ4v) is 3.06. The molecule has 0 saturated heterocycles. The zero-order valence-corrected chi connectivity index (χ0v) is 13.2. The summed E-state index contributed by atoms with van der Waals surface area (Å²) < 4.78 is 0. The lowest BCUT2D eigenvalue weighted by Gasteiger charge is -2.34. The van der Waals surface area contributed by atoms with Crippen LogP contribution in [-0.4, -0.2) is 6.54 Å². The van der Waals surface area contributed by atoms with E-state index in [1.807, 2.05) is 0 Å². The normalized spacial score (nSPS) is 22.8. The van der Waals surface area contributed by atoms with Gasteiger partial charge in [-0.05, 0) is 40.9 Å². The second-order valence-electron chi connectivity index (χ2n) is 7.12. The third-order valence-electron chi connectivity index (χ3n) is 4.60. The molecule has 0 aliphatic carbocycles. The first-order chi connectivity index (χ1) is 8.93. The summed E-state index contributed by atoms with van der Waals surface area (Å²) in [4.78, 5) is 0. The van der Waals surface area contributed by atoms with E-state index in [9.17, 15) is 0 Å². The van der Waals surface area contributed by atoms with Gasteiger partial charge in [0.05, 0.1) is 0 Å². The fourth-order valence-electron chi connectivity index (χ4n) is 3.06. The quantitative estimate of drug-likeness (QED) is 0.774. The molecule has 0 radical (unpaired) electrons. The molecule has 2 rings (SSSR count). The summed E-state index contributed by atoms with van der Waals surface area (Å²) in [5, 5.41) is 3.63. The van der Waals surface area contributed by atoms with Gasteiger partial charge in [0.15, 0.2) is 0 Å². The van der Waals surface area contributed by atoms with Crippen molar-refractivity contribution in [1.82, 2.24) is 0 Å². The van der Waals surface area contributed by atoms with Crippen LogP contribution in [-0.2, 0) is 5.41 Å². The molecule has 2 unspecified atom stereocenters. The van der Waals surface area contributed by atoms with E-state index in [1.165, 1.54) is 36.1 Å². The molecule has 1 aromatic carbocycles. The second-order valence-corrected chi connectivity index (χ2v) is 7.12. The minimum atomic E-state index is 0.241. The first-order valence-corrected chi connectivity index (χ1v) is 7.81. The molecule has 0 aromatic heterocycles. The van der Waals surface area contributed by atoms with Crippen LogP contribution in [0.5, 0.6) is 0 Å². The Labute approximate surface area is 118 Å². The van der Waals surface area contributed by atoms with E-state index in [4.69, 9.17) is 0 Å². The lowest BCUT2D eigenvalue weighted by atomic mass is 9.78. The molecule has 0 amide bonds. The largest absolute Gasteiger partial charge is 0.385 e. The van der Waals surface area contributed by atoms with Crippen molar-refractivity contribution in [3.63, 3.8) is 0 Å². The summed E-state index contributed by atoms with van der Waals surface area (Å²) in [7, 11) is 0. The van der Waals surface area contributed by atoms with Crippen LogP contribution in [0.15, 0.2) is 18.2 Å². The zero-order valence-electron chi connectivity index (χ0n) is 13.2. The molecule has 0 fully saturated rings. The van der Waals surface area contributed by atoms with Gasteiger partial charge in [0.1, 0.15) is 0 Å². The van der Waals surface area contributed by atoms with Crippen molar-refractivity contribution in [2.75, 3.05) is 11.9 Å². The predicted octanol–water partition coefficient (Wildman–Crippen LogP) is 5.32. The molecular formula is C18H29N. The highest BCUT2D eigenvalue weighted by Gasteiger charge is 2.27. The summed E-state index contributed by atoms with van der Waals surface area (Å²) in [6, 6.07) is 7.00. The summed E-state index contributed by atoms with van der Waals surface area (Å²) in [6.07, 6.45) is 4.01. The van der Waals surface area contributed by atoms with Gasteiger partial charge in [-0.25, -0.2) is 0 Å². The molecule has 106 valence electrons. The average Bonchev–Trinajstić information content (AvgIpc) is 2.37. The Balaban J connectivity index is 2.25. The molecular weight excluding hydrogens is 230 g/mol. The molecule has 2 atom stereocenters. The summed E-state index contributed by atoms with van der Waals surface area (Å²) >= 11 is 0. The highest BCUT2D eigenvalue weighted by molar-refractivity contribution is 5.57. The standard InChI is InChI=1S/C18H29N/c1-6-7-8-14-12-19-17-10-9-15(18(3,4)5)11-16(17)13(14)2/h9-11,13-14,19H,6-8,12H2,1-5H3. The van der Waals surface area contributed by atoms with Crippen LogP contribution in [0.2, 0.25) is 0 Å². The molecule has 1 aliphatic rings. The molecule has 1 aliphatic heterocycles. The van der Waals surface area contributed by atoms with E-state index < -0.39 is 0 Å². The van der Waals surface area contributed by atoms with E-state index in [2.05, 4.69) is 58.1 Å². The maximum Gasteiger partial charge on any atom is 0.0375 e. The molecule has 19 heavy (non-hydrogen) atoms. The van der Waals surface area contributed by atoms with Gasteiger partial charge >= 0.3 is 0 Å². The smallest absolute Gasteiger partial charge is 0.0375 e. The summed E-state index contributed by atoms with van der Waals surface area (Å²) in [5.41, 5.74) is 4.58. The maximum atomic E-state index is 3.63. The van der Waals surface area contributed by atoms with Crippen molar-refractivity contribution in [3.8, 4) is 0 Å². The Morgan fingerprint density at radius 1 is 1.26 bits per heavy atom. The summed E-state index contributed by atoms with van der Waals surface area (Å²) in [5.74, 6) is 1.48. The Kier molecular flexibility index (Phi) is 4.23. The Morgan fingerprint density at radius 2 is 2.00 bits per heavy atom. The molecule has 1 nitrogen and oxygen atoms in total. The van der Waals surface area contributed by atoms with E-state index in [0.29, 0.717) is 5.92 Å². The Hall–Kier alpha value is -0.980. The number of anilines is 1. The van der Waals surface area contributed by atoms with E-state index in [1.54, 1.807) is 0 Å². The number of rotatable bonds is 3. The van der Waals surface area contributed by atoms with Crippen LogP contribution in [0.3, 0.4) is 0 Å². The maximum absolute atomic E-state index is 3.63. The number of hydrogen-bond acceptors (Lipinski definition) is 1. The van der Waals surface area contributed by atoms with Crippen molar-refractivity contribution in [2.45, 2.75) is 65.2 Å². The average molecular weight is 259 g/mol. The first kappa shape index (κ1) is 14.4. The van der Waals surface area contributed by atoms with Crippen molar-refractivity contribution in [3.05, 3.63) is 29.3 Å². The van der Waals surface area contributed by atoms with Crippen LogP contribution in [0.4, 0.5) is 5.69 Å². The first-order valence-electron chi connectivity index (χ1n) is 7.81. The lowest BCUT2D eigenvalue weighted by Crippen LogP contribution is -2.27. The van der Waals surface area contributed by atoms with Gasteiger partial charge in [-0.15, -0.1) is 0 Å². The van der Waals surface area contributed by atoms with Crippen LogP contribution >= 0.6 is 0 Å². The Bertz CT molecular complexity index is 428.